The van der Waals surface area contributed by atoms with Crippen molar-refractivity contribution in [3.63, 3.8) is 0 Å². The number of benzene rings is 2. The van der Waals surface area contributed by atoms with Gasteiger partial charge < -0.3 is 20.3 Å². The third-order valence-corrected chi connectivity index (χ3v) is 2.50. The highest BCUT2D eigenvalue weighted by atomic mass is 16.5. The maximum absolute atomic E-state index is 8.80. The molecule has 4 heteroatoms. The zero-order valence-electron chi connectivity index (χ0n) is 10.5. The Morgan fingerprint density at radius 2 is 1.47 bits per heavy atom. The second kappa shape index (κ2) is 6.78. The van der Waals surface area contributed by atoms with Crippen molar-refractivity contribution < 1.29 is 14.6 Å². The summed E-state index contributed by atoms with van der Waals surface area (Å²) in [7, 11) is 0. The van der Waals surface area contributed by atoms with E-state index >= 15 is 0 Å². The van der Waals surface area contributed by atoms with Gasteiger partial charge in [0.25, 0.3) is 0 Å². The lowest BCUT2D eigenvalue weighted by Crippen LogP contribution is -2.31. The van der Waals surface area contributed by atoms with Crippen molar-refractivity contribution in [2.24, 2.45) is 5.73 Å². The molecule has 0 radical (unpaired) electrons. The minimum Gasteiger partial charge on any atom is -0.492 e. The molecular formula is C15H17NO3. The molecule has 0 spiro atoms. The summed E-state index contributed by atoms with van der Waals surface area (Å²) in [6, 6.07) is 16.5. The summed E-state index contributed by atoms with van der Waals surface area (Å²) in [6.45, 7) is 0.199. The number of hydrogen-bond donors (Lipinski definition) is 2. The quantitative estimate of drug-likeness (QED) is 0.834. The van der Waals surface area contributed by atoms with E-state index in [1.165, 1.54) is 0 Å². The van der Waals surface area contributed by atoms with Gasteiger partial charge in [-0.3, -0.25) is 0 Å². The molecule has 1 unspecified atom stereocenters. The van der Waals surface area contributed by atoms with Gasteiger partial charge in [0.05, 0.1) is 12.6 Å². The van der Waals surface area contributed by atoms with Gasteiger partial charge in [0, 0.05) is 0 Å². The molecule has 2 rings (SSSR count). The molecule has 4 nitrogen and oxygen atoms in total. The molecule has 0 saturated carbocycles. The van der Waals surface area contributed by atoms with E-state index in [-0.39, 0.29) is 19.3 Å². The van der Waals surface area contributed by atoms with Crippen LogP contribution in [0.15, 0.2) is 54.6 Å². The molecular weight excluding hydrogens is 242 g/mol. The van der Waals surface area contributed by atoms with Gasteiger partial charge >= 0.3 is 0 Å². The van der Waals surface area contributed by atoms with Crippen LogP contribution in [0.1, 0.15) is 0 Å². The third-order valence-electron chi connectivity index (χ3n) is 2.50. The third kappa shape index (κ3) is 4.28. The van der Waals surface area contributed by atoms with Crippen LogP contribution in [0.4, 0.5) is 0 Å². The normalized spacial score (nSPS) is 11.9. The van der Waals surface area contributed by atoms with Gasteiger partial charge in [-0.25, -0.2) is 0 Å². The highest BCUT2D eigenvalue weighted by molar-refractivity contribution is 5.35. The van der Waals surface area contributed by atoms with Gasteiger partial charge in [-0.05, 0) is 36.4 Å². The van der Waals surface area contributed by atoms with Crippen LogP contribution in [0.5, 0.6) is 17.2 Å². The molecule has 100 valence electrons. The minimum absolute atomic E-state index is 0.0881. The van der Waals surface area contributed by atoms with Crippen LogP contribution < -0.4 is 15.2 Å². The van der Waals surface area contributed by atoms with Crippen molar-refractivity contribution in [1.29, 1.82) is 0 Å². The Labute approximate surface area is 112 Å². The van der Waals surface area contributed by atoms with Crippen molar-refractivity contribution in [2.45, 2.75) is 6.04 Å². The maximum atomic E-state index is 8.80. The van der Waals surface area contributed by atoms with E-state index in [0.29, 0.717) is 5.75 Å². The summed E-state index contributed by atoms with van der Waals surface area (Å²) in [5, 5.41) is 8.80. The van der Waals surface area contributed by atoms with Crippen LogP contribution in [-0.4, -0.2) is 24.4 Å². The first-order valence-corrected chi connectivity index (χ1v) is 6.10. The Morgan fingerprint density at radius 3 is 2.11 bits per heavy atom. The zero-order chi connectivity index (χ0) is 13.5. The Bertz CT molecular complexity index is 485. The van der Waals surface area contributed by atoms with Crippen molar-refractivity contribution in [3.05, 3.63) is 54.6 Å². The average Bonchev–Trinajstić information content (AvgIpc) is 2.47. The van der Waals surface area contributed by atoms with E-state index in [0.717, 1.165) is 11.5 Å². The smallest absolute Gasteiger partial charge is 0.127 e. The van der Waals surface area contributed by atoms with Gasteiger partial charge in [0.1, 0.15) is 23.9 Å². The van der Waals surface area contributed by atoms with Crippen molar-refractivity contribution in [3.8, 4) is 17.2 Å². The number of hydrogen-bond acceptors (Lipinski definition) is 4. The fourth-order valence-electron chi connectivity index (χ4n) is 1.48. The summed E-state index contributed by atoms with van der Waals surface area (Å²) in [6.07, 6.45) is 0. The molecule has 2 aromatic carbocycles. The zero-order valence-corrected chi connectivity index (χ0v) is 10.5. The number of rotatable bonds is 6. The maximum Gasteiger partial charge on any atom is 0.127 e. The van der Waals surface area contributed by atoms with Crippen molar-refractivity contribution in [2.75, 3.05) is 13.2 Å². The van der Waals surface area contributed by atoms with Crippen molar-refractivity contribution in [1.82, 2.24) is 0 Å². The van der Waals surface area contributed by atoms with Gasteiger partial charge in [-0.2, -0.15) is 0 Å². The molecule has 0 aromatic heterocycles. The van der Waals surface area contributed by atoms with Crippen LogP contribution in [-0.2, 0) is 0 Å². The van der Waals surface area contributed by atoms with Crippen LogP contribution in [0.25, 0.3) is 0 Å². The first kappa shape index (κ1) is 13.4. The van der Waals surface area contributed by atoms with Crippen LogP contribution >= 0.6 is 0 Å². The van der Waals surface area contributed by atoms with E-state index in [1.807, 2.05) is 54.6 Å². The lowest BCUT2D eigenvalue weighted by molar-refractivity contribution is 0.206. The first-order valence-electron chi connectivity index (χ1n) is 6.10. The lowest BCUT2D eigenvalue weighted by atomic mass is 10.3. The van der Waals surface area contributed by atoms with Gasteiger partial charge in [0.15, 0.2) is 0 Å². The Hall–Kier alpha value is -2.04. The summed E-state index contributed by atoms with van der Waals surface area (Å²) in [4.78, 5) is 0. The fourth-order valence-corrected chi connectivity index (χ4v) is 1.48. The topological polar surface area (TPSA) is 64.7 Å². The molecule has 0 fully saturated rings. The second-order valence-electron chi connectivity index (χ2n) is 4.14. The summed E-state index contributed by atoms with van der Waals surface area (Å²) in [5.74, 6) is 2.23. The second-order valence-corrected chi connectivity index (χ2v) is 4.14. The molecule has 19 heavy (non-hydrogen) atoms. The molecule has 3 N–H and O–H groups in total. The molecule has 1 atom stereocenters. The largest absolute Gasteiger partial charge is 0.492 e. The first-order chi connectivity index (χ1) is 9.28. The predicted molar refractivity (Wildman–Crippen MR) is 73.5 cm³/mol. The van der Waals surface area contributed by atoms with Crippen LogP contribution in [0.2, 0.25) is 0 Å². The number of aliphatic hydroxyl groups excluding tert-OH is 1. The highest BCUT2D eigenvalue weighted by Crippen LogP contribution is 2.23. The highest BCUT2D eigenvalue weighted by Gasteiger charge is 2.02. The fraction of sp³-hybridized carbons (Fsp3) is 0.200. The molecule has 0 aliphatic heterocycles. The van der Waals surface area contributed by atoms with Gasteiger partial charge in [-0.1, -0.05) is 18.2 Å². The predicted octanol–water partition coefficient (Wildman–Crippen LogP) is 2.18. The standard InChI is InChI=1S/C15H17NO3/c16-12(10-17)11-18-13-6-8-15(9-7-13)19-14-4-2-1-3-5-14/h1-9,12,17H,10-11,16H2. The van der Waals surface area contributed by atoms with Crippen molar-refractivity contribution >= 4 is 0 Å². The minimum atomic E-state index is -0.361. The summed E-state index contributed by atoms with van der Waals surface area (Å²) < 4.78 is 11.1. The van der Waals surface area contributed by atoms with E-state index in [2.05, 4.69) is 0 Å². The molecule has 2 aromatic rings. The van der Waals surface area contributed by atoms with Crippen LogP contribution in [0.3, 0.4) is 0 Å². The molecule has 0 amide bonds. The van der Waals surface area contributed by atoms with Gasteiger partial charge in [-0.15, -0.1) is 0 Å². The average molecular weight is 259 g/mol. The summed E-state index contributed by atoms with van der Waals surface area (Å²) >= 11 is 0. The van der Waals surface area contributed by atoms with E-state index in [1.54, 1.807) is 0 Å². The van der Waals surface area contributed by atoms with E-state index in [4.69, 9.17) is 20.3 Å². The molecule has 0 saturated heterocycles. The Kier molecular flexibility index (Phi) is 4.78. The molecule has 0 bridgehead atoms. The lowest BCUT2D eigenvalue weighted by Gasteiger charge is -2.11. The monoisotopic (exact) mass is 259 g/mol. The number of nitrogens with two attached hydrogens (primary N) is 1. The van der Waals surface area contributed by atoms with Gasteiger partial charge in [0.2, 0.25) is 0 Å². The Balaban J connectivity index is 1.91. The number of ether oxygens (including phenoxy) is 2. The molecule has 0 aliphatic rings. The number of para-hydroxylation sites is 1. The van der Waals surface area contributed by atoms with E-state index in [9.17, 15) is 0 Å². The molecule has 0 heterocycles. The number of aliphatic hydroxyl groups is 1. The van der Waals surface area contributed by atoms with Crippen LogP contribution in [0, 0.1) is 0 Å². The summed E-state index contributed by atoms with van der Waals surface area (Å²) in [5.41, 5.74) is 5.55. The molecule has 0 aliphatic carbocycles. The van der Waals surface area contributed by atoms with E-state index < -0.39 is 0 Å². The Morgan fingerprint density at radius 1 is 0.895 bits per heavy atom. The SMILES string of the molecule is NC(CO)COc1ccc(Oc2ccccc2)cc1.